The number of anilines is 3. The smallest absolute Gasteiger partial charge is 0.223 e. The van der Waals surface area contributed by atoms with E-state index in [1.54, 1.807) is 0 Å². The Kier molecular flexibility index (Phi) is 3.09. The molecule has 1 aromatic heterocycles. The van der Waals surface area contributed by atoms with Crippen molar-refractivity contribution in [1.29, 1.82) is 0 Å². The summed E-state index contributed by atoms with van der Waals surface area (Å²) in [6.45, 7) is 1.56. The molecular formula is C10H17N5O. The predicted molar refractivity (Wildman–Crippen MR) is 63.6 cm³/mol. The van der Waals surface area contributed by atoms with Gasteiger partial charge in [0.15, 0.2) is 0 Å². The van der Waals surface area contributed by atoms with Gasteiger partial charge in [0.1, 0.15) is 11.6 Å². The van der Waals surface area contributed by atoms with Crippen molar-refractivity contribution >= 4 is 17.6 Å². The van der Waals surface area contributed by atoms with Crippen molar-refractivity contribution in [3.63, 3.8) is 0 Å². The summed E-state index contributed by atoms with van der Waals surface area (Å²) in [6.07, 6.45) is 1.02. The highest BCUT2D eigenvalue weighted by molar-refractivity contribution is 5.52. The number of aromatic nitrogens is 2. The van der Waals surface area contributed by atoms with Crippen LogP contribution in [0.5, 0.6) is 0 Å². The third-order valence-electron chi connectivity index (χ3n) is 2.80. The molecule has 1 unspecified atom stereocenters. The summed E-state index contributed by atoms with van der Waals surface area (Å²) in [7, 11) is 3.81. The molecule has 0 bridgehead atoms. The first-order valence-corrected chi connectivity index (χ1v) is 5.33. The fourth-order valence-electron chi connectivity index (χ4n) is 1.78. The summed E-state index contributed by atoms with van der Waals surface area (Å²) in [5.74, 6) is 1.84. The summed E-state index contributed by atoms with van der Waals surface area (Å²) in [5, 5.41) is 2.96. The molecule has 2 rings (SSSR count). The summed E-state index contributed by atoms with van der Waals surface area (Å²) in [4.78, 5) is 10.4. The van der Waals surface area contributed by atoms with Gasteiger partial charge in [-0.25, -0.2) is 0 Å². The molecule has 1 aromatic rings. The van der Waals surface area contributed by atoms with Crippen molar-refractivity contribution in [2.45, 2.75) is 12.5 Å². The van der Waals surface area contributed by atoms with E-state index in [-0.39, 0.29) is 5.95 Å². The zero-order chi connectivity index (χ0) is 11.5. The summed E-state index contributed by atoms with van der Waals surface area (Å²) in [5.41, 5.74) is 5.65. The molecule has 0 amide bonds. The normalized spacial score (nSPS) is 19.8. The minimum Gasteiger partial charge on any atom is -0.379 e. The zero-order valence-electron chi connectivity index (χ0n) is 9.60. The number of rotatable bonds is 3. The lowest BCUT2D eigenvalue weighted by molar-refractivity contribution is 0.193. The fraction of sp³-hybridized carbons (Fsp3) is 0.600. The molecule has 16 heavy (non-hydrogen) atoms. The molecule has 88 valence electrons. The minimum atomic E-state index is 0.285. The van der Waals surface area contributed by atoms with Crippen LogP contribution >= 0.6 is 0 Å². The van der Waals surface area contributed by atoms with Crippen LogP contribution in [0.15, 0.2) is 6.07 Å². The lowest BCUT2D eigenvalue weighted by atomic mass is 10.2. The van der Waals surface area contributed by atoms with Gasteiger partial charge in [-0.15, -0.1) is 0 Å². The number of hydrogen-bond acceptors (Lipinski definition) is 6. The van der Waals surface area contributed by atoms with Crippen LogP contribution < -0.4 is 16.0 Å². The van der Waals surface area contributed by atoms with Crippen molar-refractivity contribution < 1.29 is 4.74 Å². The molecule has 1 fully saturated rings. The molecule has 1 atom stereocenters. The van der Waals surface area contributed by atoms with Gasteiger partial charge in [-0.05, 0) is 6.42 Å². The minimum absolute atomic E-state index is 0.285. The SMILES string of the molecule is CNc1cc(N(C)C2CCOC2)nc(N)n1. The van der Waals surface area contributed by atoms with E-state index in [4.69, 9.17) is 10.5 Å². The Morgan fingerprint density at radius 1 is 1.56 bits per heavy atom. The average molecular weight is 223 g/mol. The van der Waals surface area contributed by atoms with Crippen molar-refractivity contribution in [1.82, 2.24) is 9.97 Å². The summed E-state index contributed by atoms with van der Waals surface area (Å²) >= 11 is 0. The van der Waals surface area contributed by atoms with Crippen molar-refractivity contribution in [3.8, 4) is 0 Å². The Labute approximate surface area is 94.8 Å². The molecule has 6 nitrogen and oxygen atoms in total. The van der Waals surface area contributed by atoms with Crippen molar-refractivity contribution in [3.05, 3.63) is 6.07 Å². The van der Waals surface area contributed by atoms with Gasteiger partial charge in [-0.1, -0.05) is 0 Å². The average Bonchev–Trinajstić information content (AvgIpc) is 2.80. The van der Waals surface area contributed by atoms with E-state index < -0.39 is 0 Å². The molecule has 0 aliphatic carbocycles. The first kappa shape index (κ1) is 10.9. The Morgan fingerprint density at radius 3 is 3.00 bits per heavy atom. The largest absolute Gasteiger partial charge is 0.379 e. The second kappa shape index (κ2) is 4.52. The highest BCUT2D eigenvalue weighted by Crippen LogP contribution is 2.20. The molecule has 0 aromatic carbocycles. The number of nitrogen functional groups attached to an aromatic ring is 1. The zero-order valence-corrected chi connectivity index (χ0v) is 9.60. The second-order valence-electron chi connectivity index (χ2n) is 3.85. The van der Waals surface area contributed by atoms with Gasteiger partial charge in [-0.3, -0.25) is 0 Å². The summed E-state index contributed by atoms with van der Waals surface area (Å²) in [6, 6.07) is 2.26. The van der Waals surface area contributed by atoms with Crippen LogP contribution in [0.4, 0.5) is 17.6 Å². The van der Waals surface area contributed by atoms with Crippen LogP contribution in [0.25, 0.3) is 0 Å². The van der Waals surface area contributed by atoms with Crippen molar-refractivity contribution in [2.75, 3.05) is 43.3 Å². The number of ether oxygens (including phenoxy) is 1. The fourth-order valence-corrected chi connectivity index (χ4v) is 1.78. The van der Waals surface area contributed by atoms with E-state index in [2.05, 4.69) is 20.2 Å². The van der Waals surface area contributed by atoms with Gasteiger partial charge in [0, 0.05) is 26.8 Å². The van der Waals surface area contributed by atoms with Crippen LogP contribution in [-0.4, -0.2) is 43.3 Å². The number of likely N-dealkylation sites (N-methyl/N-ethyl adjacent to an activating group) is 1. The van der Waals surface area contributed by atoms with Crippen LogP contribution in [0.3, 0.4) is 0 Å². The number of hydrogen-bond donors (Lipinski definition) is 2. The van der Waals surface area contributed by atoms with Crippen LogP contribution in [0.1, 0.15) is 6.42 Å². The van der Waals surface area contributed by atoms with Crippen LogP contribution in [0.2, 0.25) is 0 Å². The number of nitrogens with one attached hydrogen (secondary N) is 1. The van der Waals surface area contributed by atoms with Gasteiger partial charge in [-0.2, -0.15) is 9.97 Å². The maximum Gasteiger partial charge on any atom is 0.223 e. The molecule has 1 aliphatic rings. The molecule has 1 saturated heterocycles. The van der Waals surface area contributed by atoms with Gasteiger partial charge in [0.25, 0.3) is 0 Å². The Morgan fingerprint density at radius 2 is 2.38 bits per heavy atom. The number of nitrogens with zero attached hydrogens (tertiary/aromatic N) is 3. The molecular weight excluding hydrogens is 206 g/mol. The number of nitrogens with two attached hydrogens (primary N) is 1. The Balaban J connectivity index is 2.21. The summed E-state index contributed by atoms with van der Waals surface area (Å²) < 4.78 is 5.35. The lowest BCUT2D eigenvalue weighted by Gasteiger charge is -2.24. The third kappa shape index (κ3) is 2.16. The van der Waals surface area contributed by atoms with Gasteiger partial charge >= 0.3 is 0 Å². The molecule has 6 heteroatoms. The maximum atomic E-state index is 5.65. The van der Waals surface area contributed by atoms with Gasteiger partial charge in [0.2, 0.25) is 5.95 Å². The molecule has 1 aliphatic heterocycles. The monoisotopic (exact) mass is 223 g/mol. The third-order valence-corrected chi connectivity index (χ3v) is 2.80. The highest BCUT2D eigenvalue weighted by atomic mass is 16.5. The van der Waals surface area contributed by atoms with E-state index >= 15 is 0 Å². The molecule has 0 radical (unpaired) electrons. The quantitative estimate of drug-likeness (QED) is 0.769. The Bertz CT molecular complexity index is 364. The molecule has 0 saturated carbocycles. The first-order chi connectivity index (χ1) is 7.70. The van der Waals surface area contributed by atoms with E-state index in [1.807, 2.05) is 20.2 Å². The second-order valence-corrected chi connectivity index (χ2v) is 3.85. The van der Waals surface area contributed by atoms with Crippen LogP contribution in [-0.2, 0) is 4.74 Å². The van der Waals surface area contributed by atoms with Gasteiger partial charge in [0.05, 0.1) is 12.6 Å². The van der Waals surface area contributed by atoms with E-state index in [1.165, 1.54) is 0 Å². The molecule has 0 spiro atoms. The topological polar surface area (TPSA) is 76.3 Å². The first-order valence-electron chi connectivity index (χ1n) is 5.33. The molecule has 3 N–H and O–H groups in total. The standard InChI is InChI=1S/C10H17N5O/c1-12-8-5-9(14-10(11)13-8)15(2)7-3-4-16-6-7/h5,7H,3-4,6H2,1-2H3,(H3,11,12,13,14). The van der Waals surface area contributed by atoms with Crippen LogP contribution in [0, 0.1) is 0 Å². The van der Waals surface area contributed by atoms with Gasteiger partial charge < -0.3 is 20.7 Å². The lowest BCUT2D eigenvalue weighted by Crippen LogP contribution is -2.32. The Hall–Kier alpha value is -1.56. The molecule has 2 heterocycles. The predicted octanol–water partition coefficient (Wildman–Crippen LogP) is 0.326. The van der Waals surface area contributed by atoms with Crippen molar-refractivity contribution in [2.24, 2.45) is 0 Å². The van der Waals surface area contributed by atoms with E-state index in [9.17, 15) is 0 Å². The highest BCUT2D eigenvalue weighted by Gasteiger charge is 2.21. The maximum absolute atomic E-state index is 5.65. The van der Waals surface area contributed by atoms with E-state index in [0.717, 1.165) is 31.3 Å². The van der Waals surface area contributed by atoms with E-state index in [0.29, 0.717) is 6.04 Å².